The van der Waals surface area contributed by atoms with Gasteiger partial charge in [-0.05, 0) is 26.0 Å². The van der Waals surface area contributed by atoms with Gasteiger partial charge >= 0.3 is 0 Å². The van der Waals surface area contributed by atoms with Gasteiger partial charge in [0.1, 0.15) is 11.9 Å². The van der Waals surface area contributed by atoms with Crippen LogP contribution in [-0.4, -0.2) is 51.4 Å². The van der Waals surface area contributed by atoms with Crippen LogP contribution in [0.2, 0.25) is 0 Å². The molecule has 2 aromatic rings. The van der Waals surface area contributed by atoms with Gasteiger partial charge in [-0.2, -0.15) is 0 Å². The maximum absolute atomic E-state index is 13.0. The van der Waals surface area contributed by atoms with Gasteiger partial charge in [0.2, 0.25) is 5.91 Å². The third-order valence-corrected chi connectivity index (χ3v) is 4.77. The van der Waals surface area contributed by atoms with Crippen LogP contribution in [-0.2, 0) is 4.79 Å². The SMILES string of the molecule is CC(C)N1CCN(C(=O)C(C)(C)C)C(c2nc3ccccc3[nH]2)C1. The van der Waals surface area contributed by atoms with Gasteiger partial charge in [0, 0.05) is 31.1 Å². The van der Waals surface area contributed by atoms with Crippen LogP contribution in [0.4, 0.5) is 0 Å². The number of aromatic nitrogens is 2. The molecule has 1 atom stereocenters. The van der Waals surface area contributed by atoms with Crippen molar-refractivity contribution in [2.45, 2.75) is 46.7 Å². The Morgan fingerprint density at radius 3 is 2.58 bits per heavy atom. The number of H-pyrrole nitrogens is 1. The minimum Gasteiger partial charge on any atom is -0.340 e. The Bertz CT molecular complexity index is 695. The Morgan fingerprint density at radius 2 is 1.96 bits per heavy atom. The summed E-state index contributed by atoms with van der Waals surface area (Å²) < 4.78 is 0. The number of aromatic amines is 1. The van der Waals surface area contributed by atoms with Gasteiger partial charge in [0.05, 0.1) is 11.0 Å². The molecule has 0 spiro atoms. The quantitative estimate of drug-likeness (QED) is 0.921. The molecule has 1 aromatic heterocycles. The lowest BCUT2D eigenvalue weighted by molar-refractivity contribution is -0.145. The zero-order valence-electron chi connectivity index (χ0n) is 15.3. The van der Waals surface area contributed by atoms with Crippen molar-refractivity contribution >= 4 is 16.9 Å². The molecule has 0 saturated carbocycles. The van der Waals surface area contributed by atoms with E-state index < -0.39 is 0 Å². The summed E-state index contributed by atoms with van der Waals surface area (Å²) in [6, 6.07) is 8.47. The molecule has 0 radical (unpaired) electrons. The van der Waals surface area contributed by atoms with Crippen molar-refractivity contribution < 1.29 is 4.79 Å². The van der Waals surface area contributed by atoms with E-state index in [2.05, 4.69) is 23.7 Å². The molecule has 0 aliphatic carbocycles. The Morgan fingerprint density at radius 1 is 1.25 bits per heavy atom. The maximum Gasteiger partial charge on any atom is 0.228 e. The monoisotopic (exact) mass is 328 g/mol. The second-order valence-corrected chi connectivity index (χ2v) is 7.99. The van der Waals surface area contributed by atoms with Crippen molar-refractivity contribution in [3.63, 3.8) is 0 Å². The molecule has 1 aromatic carbocycles. The number of piperazine rings is 1. The van der Waals surface area contributed by atoms with Crippen molar-refractivity contribution in [2.75, 3.05) is 19.6 Å². The highest BCUT2D eigenvalue weighted by molar-refractivity contribution is 5.82. The van der Waals surface area contributed by atoms with Crippen molar-refractivity contribution in [2.24, 2.45) is 5.41 Å². The maximum atomic E-state index is 13.0. The fourth-order valence-corrected chi connectivity index (χ4v) is 3.31. The highest BCUT2D eigenvalue weighted by atomic mass is 16.2. The number of benzene rings is 1. The number of para-hydroxylation sites is 2. The van der Waals surface area contributed by atoms with Gasteiger partial charge in [-0.25, -0.2) is 4.98 Å². The van der Waals surface area contributed by atoms with Crippen molar-refractivity contribution in [1.29, 1.82) is 0 Å². The van der Waals surface area contributed by atoms with E-state index in [4.69, 9.17) is 4.98 Å². The summed E-state index contributed by atoms with van der Waals surface area (Å²) >= 11 is 0. The van der Waals surface area contributed by atoms with Crippen LogP contribution in [0.3, 0.4) is 0 Å². The molecule has 1 fully saturated rings. The van der Waals surface area contributed by atoms with E-state index in [1.165, 1.54) is 0 Å². The predicted molar refractivity (Wildman–Crippen MR) is 96.7 cm³/mol. The van der Waals surface area contributed by atoms with E-state index in [-0.39, 0.29) is 17.4 Å². The molecule has 5 heteroatoms. The average Bonchev–Trinajstić information content (AvgIpc) is 2.96. The number of rotatable bonds is 2. The highest BCUT2D eigenvalue weighted by Crippen LogP contribution is 2.30. The lowest BCUT2D eigenvalue weighted by Crippen LogP contribution is -2.55. The normalized spacial score (nSPS) is 20.1. The van der Waals surface area contributed by atoms with Gasteiger partial charge in [-0.1, -0.05) is 32.9 Å². The number of amides is 1. The number of nitrogens with one attached hydrogen (secondary N) is 1. The van der Waals surface area contributed by atoms with E-state index in [1.807, 2.05) is 49.9 Å². The molecular weight excluding hydrogens is 300 g/mol. The molecule has 2 heterocycles. The van der Waals surface area contributed by atoms with Gasteiger partial charge in [-0.15, -0.1) is 0 Å². The third-order valence-electron chi connectivity index (χ3n) is 4.77. The number of carbonyl (C=O) groups excluding carboxylic acids is 1. The van der Waals surface area contributed by atoms with Crippen LogP contribution in [0.15, 0.2) is 24.3 Å². The Hall–Kier alpha value is -1.88. The van der Waals surface area contributed by atoms with E-state index >= 15 is 0 Å². The lowest BCUT2D eigenvalue weighted by atomic mass is 9.93. The Balaban J connectivity index is 1.97. The lowest BCUT2D eigenvalue weighted by Gasteiger charge is -2.44. The number of fused-ring (bicyclic) bond motifs is 1. The summed E-state index contributed by atoms with van der Waals surface area (Å²) in [4.78, 5) is 25.6. The predicted octanol–water partition coefficient (Wildman–Crippen LogP) is 3.20. The van der Waals surface area contributed by atoms with Crippen molar-refractivity contribution in [3.8, 4) is 0 Å². The number of imidazole rings is 1. The fourth-order valence-electron chi connectivity index (χ4n) is 3.31. The molecule has 1 N–H and O–H groups in total. The molecule has 130 valence electrons. The molecule has 1 saturated heterocycles. The molecule has 1 aliphatic heterocycles. The average molecular weight is 328 g/mol. The van der Waals surface area contributed by atoms with E-state index in [0.717, 1.165) is 36.5 Å². The zero-order valence-corrected chi connectivity index (χ0v) is 15.3. The van der Waals surface area contributed by atoms with Crippen LogP contribution in [0.25, 0.3) is 11.0 Å². The topological polar surface area (TPSA) is 52.2 Å². The van der Waals surface area contributed by atoms with Crippen LogP contribution >= 0.6 is 0 Å². The molecule has 0 bridgehead atoms. The van der Waals surface area contributed by atoms with E-state index in [0.29, 0.717) is 6.04 Å². The molecule has 3 rings (SSSR count). The summed E-state index contributed by atoms with van der Waals surface area (Å²) in [5, 5.41) is 0. The highest BCUT2D eigenvalue weighted by Gasteiger charge is 2.38. The molecule has 1 unspecified atom stereocenters. The molecule has 1 aliphatic rings. The van der Waals surface area contributed by atoms with Gasteiger partial charge in [0.25, 0.3) is 0 Å². The molecular formula is C19H28N4O. The molecule has 24 heavy (non-hydrogen) atoms. The van der Waals surface area contributed by atoms with E-state index in [9.17, 15) is 4.79 Å². The first kappa shape index (κ1) is 17.0. The summed E-state index contributed by atoms with van der Waals surface area (Å²) in [6.45, 7) is 12.8. The Kier molecular flexibility index (Phi) is 4.38. The first-order valence-electron chi connectivity index (χ1n) is 8.77. The second-order valence-electron chi connectivity index (χ2n) is 7.99. The number of carbonyl (C=O) groups is 1. The first-order valence-corrected chi connectivity index (χ1v) is 8.77. The van der Waals surface area contributed by atoms with Crippen LogP contribution in [0.1, 0.15) is 46.5 Å². The summed E-state index contributed by atoms with van der Waals surface area (Å²) in [7, 11) is 0. The first-order chi connectivity index (χ1) is 11.3. The largest absolute Gasteiger partial charge is 0.340 e. The van der Waals surface area contributed by atoms with Gasteiger partial charge in [0.15, 0.2) is 0 Å². The summed E-state index contributed by atoms with van der Waals surface area (Å²) in [5.41, 5.74) is 1.60. The molecule has 5 nitrogen and oxygen atoms in total. The zero-order chi connectivity index (χ0) is 17.5. The number of nitrogens with zero attached hydrogens (tertiary/aromatic N) is 3. The van der Waals surface area contributed by atoms with Gasteiger partial charge in [-0.3, -0.25) is 9.69 Å². The number of hydrogen-bond acceptors (Lipinski definition) is 3. The molecule has 1 amide bonds. The second kappa shape index (κ2) is 6.20. The Labute approximate surface area is 144 Å². The van der Waals surface area contributed by atoms with E-state index in [1.54, 1.807) is 0 Å². The van der Waals surface area contributed by atoms with Crippen LogP contribution in [0, 0.1) is 5.41 Å². The smallest absolute Gasteiger partial charge is 0.228 e. The summed E-state index contributed by atoms with van der Waals surface area (Å²) in [5.74, 6) is 1.08. The van der Waals surface area contributed by atoms with Crippen LogP contribution in [0.5, 0.6) is 0 Å². The fraction of sp³-hybridized carbons (Fsp3) is 0.579. The van der Waals surface area contributed by atoms with Gasteiger partial charge < -0.3 is 9.88 Å². The minimum atomic E-state index is -0.385. The third kappa shape index (κ3) is 3.18. The summed E-state index contributed by atoms with van der Waals surface area (Å²) in [6.07, 6.45) is 0. The standard InChI is InChI=1S/C19H28N4O/c1-13(2)22-10-11-23(18(24)19(3,4)5)16(12-22)17-20-14-8-6-7-9-15(14)21-17/h6-9,13,16H,10-12H2,1-5H3,(H,20,21). The number of hydrogen-bond donors (Lipinski definition) is 1. The minimum absolute atomic E-state index is 0.0275. The van der Waals surface area contributed by atoms with Crippen molar-refractivity contribution in [1.82, 2.24) is 19.8 Å². The van der Waals surface area contributed by atoms with Crippen LogP contribution < -0.4 is 0 Å². The van der Waals surface area contributed by atoms with Crippen molar-refractivity contribution in [3.05, 3.63) is 30.1 Å².